The average molecular weight is 252 g/mol. The van der Waals surface area contributed by atoms with E-state index in [0.29, 0.717) is 13.2 Å². The molecule has 0 amide bonds. The summed E-state index contributed by atoms with van der Waals surface area (Å²) >= 11 is 0. The number of hydrogen-bond donors (Lipinski definition) is 1. The van der Waals surface area contributed by atoms with Gasteiger partial charge in [0.2, 0.25) is 6.29 Å². The van der Waals surface area contributed by atoms with Gasteiger partial charge in [-0.3, -0.25) is 4.55 Å². The fraction of sp³-hybridized carbons (Fsp3) is 0.778. The third-order valence-electron chi connectivity index (χ3n) is 1.31. The molecule has 1 atom stereocenters. The van der Waals surface area contributed by atoms with E-state index in [-0.39, 0.29) is 0 Å². The standard InChI is InChI=1S/C9H16O6S/c1-4-13-9(14-5-2)7-6-8(3)15-16(10,11)12/h8-9H,4-5H2,1-3H3,(H,10,11,12)/t8-/m0/s1. The first-order chi connectivity index (χ1) is 7.39. The smallest absolute Gasteiger partial charge is 0.342 e. The summed E-state index contributed by atoms with van der Waals surface area (Å²) in [6.07, 6.45) is -1.68. The van der Waals surface area contributed by atoms with Gasteiger partial charge in [0, 0.05) is 13.2 Å². The van der Waals surface area contributed by atoms with Crippen LogP contribution < -0.4 is 0 Å². The normalized spacial score (nSPS) is 13.3. The summed E-state index contributed by atoms with van der Waals surface area (Å²) in [6, 6.07) is 0. The van der Waals surface area contributed by atoms with E-state index in [4.69, 9.17) is 14.0 Å². The molecule has 0 rings (SSSR count). The third kappa shape index (κ3) is 8.64. The van der Waals surface area contributed by atoms with E-state index in [9.17, 15) is 8.42 Å². The number of hydrogen-bond acceptors (Lipinski definition) is 5. The molecule has 0 radical (unpaired) electrons. The molecule has 1 N–H and O–H groups in total. The molecule has 0 unspecified atom stereocenters. The summed E-state index contributed by atoms with van der Waals surface area (Å²) < 4.78 is 43.4. The van der Waals surface area contributed by atoms with Crippen LogP contribution in [0.5, 0.6) is 0 Å². The summed E-state index contributed by atoms with van der Waals surface area (Å²) in [5.41, 5.74) is 0. The first kappa shape index (κ1) is 15.3. The van der Waals surface area contributed by atoms with Crippen LogP contribution in [0.15, 0.2) is 0 Å². The molecule has 0 aromatic rings. The lowest BCUT2D eigenvalue weighted by Gasteiger charge is -2.10. The highest BCUT2D eigenvalue weighted by atomic mass is 32.3. The van der Waals surface area contributed by atoms with E-state index in [1.807, 2.05) is 0 Å². The van der Waals surface area contributed by atoms with Crippen LogP contribution in [0.25, 0.3) is 0 Å². The predicted octanol–water partition coefficient (Wildman–Crippen LogP) is 0.597. The molecule has 94 valence electrons. The second-order valence-electron chi connectivity index (χ2n) is 2.70. The van der Waals surface area contributed by atoms with Crippen LogP contribution in [0, 0.1) is 11.8 Å². The van der Waals surface area contributed by atoms with Gasteiger partial charge in [-0.15, -0.1) is 0 Å². The fourth-order valence-electron chi connectivity index (χ4n) is 0.826. The van der Waals surface area contributed by atoms with Crippen molar-refractivity contribution in [2.75, 3.05) is 13.2 Å². The Kier molecular flexibility index (Phi) is 7.29. The SMILES string of the molecule is CCOC(C#C[C@H](C)OS(=O)(=O)O)OCC. The summed E-state index contributed by atoms with van der Waals surface area (Å²) in [5.74, 6) is 5.00. The Morgan fingerprint density at radius 2 is 1.69 bits per heavy atom. The zero-order valence-corrected chi connectivity index (χ0v) is 10.3. The van der Waals surface area contributed by atoms with Crippen molar-refractivity contribution in [3.8, 4) is 11.8 Å². The Morgan fingerprint density at radius 1 is 1.19 bits per heavy atom. The van der Waals surface area contributed by atoms with E-state index in [1.54, 1.807) is 13.8 Å². The summed E-state index contributed by atoms with van der Waals surface area (Å²) in [6.45, 7) is 5.80. The Morgan fingerprint density at radius 3 is 2.06 bits per heavy atom. The quantitative estimate of drug-likeness (QED) is 0.423. The van der Waals surface area contributed by atoms with Gasteiger partial charge in [-0.1, -0.05) is 5.92 Å². The highest BCUT2D eigenvalue weighted by molar-refractivity contribution is 7.80. The minimum Gasteiger partial charge on any atom is -0.342 e. The molecule has 16 heavy (non-hydrogen) atoms. The molecule has 0 aromatic heterocycles. The van der Waals surface area contributed by atoms with Crippen LogP contribution in [0.4, 0.5) is 0 Å². The van der Waals surface area contributed by atoms with E-state index < -0.39 is 22.8 Å². The van der Waals surface area contributed by atoms with Crippen LogP contribution in [0.2, 0.25) is 0 Å². The van der Waals surface area contributed by atoms with Gasteiger partial charge in [0.05, 0.1) is 0 Å². The van der Waals surface area contributed by atoms with Crippen molar-refractivity contribution in [3.63, 3.8) is 0 Å². The monoisotopic (exact) mass is 252 g/mol. The maximum Gasteiger partial charge on any atom is 0.398 e. The molecule has 6 nitrogen and oxygen atoms in total. The summed E-state index contributed by atoms with van der Waals surface area (Å²) in [4.78, 5) is 0. The highest BCUT2D eigenvalue weighted by Gasteiger charge is 2.10. The fourth-order valence-corrected chi connectivity index (χ4v) is 1.24. The van der Waals surface area contributed by atoms with Crippen molar-refractivity contribution in [2.45, 2.75) is 33.2 Å². The summed E-state index contributed by atoms with van der Waals surface area (Å²) in [5, 5.41) is 0. The van der Waals surface area contributed by atoms with Crippen molar-refractivity contribution in [1.82, 2.24) is 0 Å². The number of ether oxygens (including phenoxy) is 2. The summed E-state index contributed by atoms with van der Waals surface area (Å²) in [7, 11) is -4.48. The number of rotatable bonds is 6. The lowest BCUT2D eigenvalue weighted by Crippen LogP contribution is -2.17. The highest BCUT2D eigenvalue weighted by Crippen LogP contribution is 1.97. The van der Waals surface area contributed by atoms with Gasteiger partial charge < -0.3 is 9.47 Å². The average Bonchev–Trinajstić information content (AvgIpc) is 2.12. The Balaban J connectivity index is 4.31. The molecule has 0 heterocycles. The van der Waals surface area contributed by atoms with Gasteiger partial charge in [-0.2, -0.15) is 8.42 Å². The predicted molar refractivity (Wildman–Crippen MR) is 56.9 cm³/mol. The van der Waals surface area contributed by atoms with Crippen LogP contribution in [-0.4, -0.2) is 38.6 Å². The first-order valence-electron chi connectivity index (χ1n) is 4.79. The van der Waals surface area contributed by atoms with Gasteiger partial charge in [0.1, 0.15) is 6.10 Å². The third-order valence-corrected chi connectivity index (χ3v) is 1.84. The molecule has 0 aliphatic rings. The topological polar surface area (TPSA) is 82.1 Å². The van der Waals surface area contributed by atoms with E-state index in [1.165, 1.54) is 6.92 Å². The van der Waals surface area contributed by atoms with E-state index in [0.717, 1.165) is 0 Å². The lowest BCUT2D eigenvalue weighted by molar-refractivity contribution is -0.0971. The van der Waals surface area contributed by atoms with Gasteiger partial charge in [0.25, 0.3) is 0 Å². The van der Waals surface area contributed by atoms with Gasteiger partial charge >= 0.3 is 10.4 Å². The molecular weight excluding hydrogens is 236 g/mol. The van der Waals surface area contributed by atoms with Crippen molar-refractivity contribution < 1.29 is 26.6 Å². The Bertz CT molecular complexity index is 333. The molecule has 0 aliphatic carbocycles. The minimum absolute atomic E-state index is 0.423. The van der Waals surface area contributed by atoms with Crippen LogP contribution in [0.3, 0.4) is 0 Å². The van der Waals surface area contributed by atoms with Gasteiger partial charge in [-0.25, -0.2) is 4.18 Å². The zero-order chi connectivity index (χ0) is 12.6. The van der Waals surface area contributed by atoms with Crippen molar-refractivity contribution in [2.24, 2.45) is 0 Å². The van der Waals surface area contributed by atoms with Gasteiger partial charge in [0.15, 0.2) is 0 Å². The molecule has 0 fully saturated rings. The maximum absolute atomic E-state index is 10.3. The molecule has 0 bridgehead atoms. The van der Waals surface area contributed by atoms with Crippen molar-refractivity contribution >= 4 is 10.4 Å². The largest absolute Gasteiger partial charge is 0.398 e. The van der Waals surface area contributed by atoms with Crippen molar-refractivity contribution in [3.05, 3.63) is 0 Å². The maximum atomic E-state index is 10.3. The molecule has 0 saturated carbocycles. The van der Waals surface area contributed by atoms with Crippen LogP contribution >= 0.6 is 0 Å². The minimum atomic E-state index is -4.48. The molecule has 7 heteroatoms. The Labute approximate surface area is 95.8 Å². The van der Waals surface area contributed by atoms with E-state index in [2.05, 4.69) is 16.0 Å². The van der Waals surface area contributed by atoms with Crippen molar-refractivity contribution in [1.29, 1.82) is 0 Å². The molecule has 0 aliphatic heterocycles. The second kappa shape index (κ2) is 7.60. The van der Waals surface area contributed by atoms with Crippen LogP contribution in [-0.2, 0) is 24.1 Å². The molecule has 0 aromatic carbocycles. The zero-order valence-electron chi connectivity index (χ0n) is 9.47. The second-order valence-corrected chi connectivity index (χ2v) is 3.75. The van der Waals surface area contributed by atoms with E-state index >= 15 is 0 Å². The molecular formula is C9H16O6S. The first-order valence-corrected chi connectivity index (χ1v) is 6.15. The Hall–Kier alpha value is -0.650. The van der Waals surface area contributed by atoms with Gasteiger partial charge in [-0.05, 0) is 26.7 Å². The van der Waals surface area contributed by atoms with Crippen LogP contribution in [0.1, 0.15) is 20.8 Å². The lowest BCUT2D eigenvalue weighted by atomic mass is 10.4. The molecule has 0 saturated heterocycles. The molecule has 0 spiro atoms.